The maximum Gasteiger partial charge on any atom is 0.0555 e. The van der Waals surface area contributed by atoms with E-state index < -0.39 is 0 Å². The normalized spacial score (nSPS) is 20.8. The number of hydrogen-bond donors (Lipinski definition) is 1. The third-order valence-corrected chi connectivity index (χ3v) is 4.01. The minimum Gasteiger partial charge on any atom is -0.320 e. The molecule has 1 unspecified atom stereocenters. The van der Waals surface area contributed by atoms with Crippen LogP contribution in [0.1, 0.15) is 30.2 Å². The number of nitrogens with two attached hydrogens (primary N) is 1. The van der Waals surface area contributed by atoms with Gasteiger partial charge in [0.2, 0.25) is 0 Å². The highest BCUT2D eigenvalue weighted by atomic mass is 32.1. The summed E-state index contributed by atoms with van der Waals surface area (Å²) >= 11 is 1.80. The van der Waals surface area contributed by atoms with Crippen LogP contribution in [0.2, 0.25) is 0 Å². The van der Waals surface area contributed by atoms with Gasteiger partial charge in [-0.05, 0) is 37.8 Å². The number of likely N-dealkylation sites (tertiary alicyclic amines) is 1. The number of rotatable bonds is 2. The molecule has 2 heterocycles. The Balaban J connectivity index is 2.06. The first kappa shape index (κ1) is 11.7. The minimum atomic E-state index is 0.440. The molecule has 2 N–H and O–H groups in total. The molecule has 0 aromatic carbocycles. The quantitative estimate of drug-likeness (QED) is 0.794. The summed E-state index contributed by atoms with van der Waals surface area (Å²) in [6.45, 7) is 5.03. The van der Waals surface area contributed by atoms with Crippen molar-refractivity contribution in [2.24, 2.45) is 5.73 Å². The zero-order valence-electron chi connectivity index (χ0n) is 9.70. The molecule has 1 aliphatic heterocycles. The molecule has 0 amide bonds. The summed E-state index contributed by atoms with van der Waals surface area (Å²) in [6, 6.07) is 2.82. The predicted octanol–water partition coefficient (Wildman–Crippen LogP) is 2.04. The molecule has 1 aromatic rings. The van der Waals surface area contributed by atoms with Gasteiger partial charge in [0.1, 0.15) is 0 Å². The van der Waals surface area contributed by atoms with E-state index in [4.69, 9.17) is 5.73 Å². The zero-order valence-corrected chi connectivity index (χ0v) is 10.5. The summed E-state index contributed by atoms with van der Waals surface area (Å²) in [4.78, 5) is 3.93. The van der Waals surface area contributed by atoms with Gasteiger partial charge >= 0.3 is 0 Å². The lowest BCUT2D eigenvalue weighted by Crippen LogP contribution is -2.25. The van der Waals surface area contributed by atoms with E-state index >= 15 is 0 Å². The van der Waals surface area contributed by atoms with E-state index in [1.54, 1.807) is 11.3 Å². The van der Waals surface area contributed by atoms with Crippen molar-refractivity contribution < 1.29 is 0 Å². The van der Waals surface area contributed by atoms with Gasteiger partial charge in [-0.2, -0.15) is 0 Å². The number of hydrogen-bond acceptors (Lipinski definition) is 3. The molecular formula is C13H18N2S. The van der Waals surface area contributed by atoms with Crippen LogP contribution < -0.4 is 5.73 Å². The van der Waals surface area contributed by atoms with E-state index in [0.29, 0.717) is 6.54 Å². The molecule has 1 saturated heterocycles. The smallest absolute Gasteiger partial charge is 0.0555 e. The Morgan fingerprint density at radius 1 is 1.62 bits per heavy atom. The van der Waals surface area contributed by atoms with Gasteiger partial charge in [0.15, 0.2) is 0 Å². The van der Waals surface area contributed by atoms with Crippen LogP contribution in [0.15, 0.2) is 11.4 Å². The molecule has 1 fully saturated rings. The highest BCUT2D eigenvalue weighted by molar-refractivity contribution is 7.10. The topological polar surface area (TPSA) is 29.3 Å². The van der Waals surface area contributed by atoms with Gasteiger partial charge in [-0.3, -0.25) is 4.90 Å². The molecule has 3 heteroatoms. The molecule has 0 radical (unpaired) electrons. The van der Waals surface area contributed by atoms with Gasteiger partial charge < -0.3 is 5.73 Å². The van der Waals surface area contributed by atoms with Crippen LogP contribution in [0.5, 0.6) is 0 Å². The van der Waals surface area contributed by atoms with Crippen molar-refractivity contribution in [1.29, 1.82) is 0 Å². The van der Waals surface area contributed by atoms with Crippen LogP contribution in [-0.2, 0) is 6.54 Å². The van der Waals surface area contributed by atoms with E-state index in [1.807, 2.05) is 0 Å². The second-order valence-corrected chi connectivity index (χ2v) is 5.23. The summed E-state index contributed by atoms with van der Waals surface area (Å²) < 4.78 is 0. The number of nitrogens with zero attached hydrogens (tertiary/aromatic N) is 1. The molecule has 0 aliphatic carbocycles. The molecule has 1 atom stereocenters. The first-order valence-corrected chi connectivity index (χ1v) is 6.68. The summed E-state index contributed by atoms with van der Waals surface area (Å²) in [5, 5.41) is 2.12. The summed E-state index contributed by atoms with van der Waals surface area (Å²) in [5.74, 6) is 6.08. The molecular weight excluding hydrogens is 216 g/mol. The van der Waals surface area contributed by atoms with Crippen molar-refractivity contribution in [3.8, 4) is 11.8 Å². The van der Waals surface area contributed by atoms with Crippen molar-refractivity contribution in [1.82, 2.24) is 4.90 Å². The molecule has 0 saturated carbocycles. The van der Waals surface area contributed by atoms with Gasteiger partial charge in [-0.1, -0.05) is 11.8 Å². The van der Waals surface area contributed by atoms with Crippen molar-refractivity contribution >= 4 is 11.3 Å². The summed E-state index contributed by atoms with van der Waals surface area (Å²) in [7, 11) is 0. The molecule has 2 nitrogen and oxygen atoms in total. The lowest BCUT2D eigenvalue weighted by atomic mass is 10.2. The average molecular weight is 234 g/mol. The van der Waals surface area contributed by atoms with Crippen molar-refractivity contribution in [2.45, 2.75) is 32.4 Å². The standard InChI is InChI=1S/C13H18N2S/c1-11-4-3-8-15(11)10-13-12(5-2-7-14)6-9-16-13/h6,9,11H,3-4,7-8,10,14H2,1H3. The van der Waals surface area contributed by atoms with Gasteiger partial charge in [-0.25, -0.2) is 0 Å². The maximum atomic E-state index is 5.40. The maximum absolute atomic E-state index is 5.40. The molecule has 0 bridgehead atoms. The molecule has 86 valence electrons. The Morgan fingerprint density at radius 2 is 2.50 bits per heavy atom. The zero-order chi connectivity index (χ0) is 11.4. The highest BCUT2D eigenvalue weighted by Gasteiger charge is 2.21. The van der Waals surface area contributed by atoms with Crippen LogP contribution >= 0.6 is 11.3 Å². The van der Waals surface area contributed by atoms with Crippen LogP contribution in [0.4, 0.5) is 0 Å². The third-order valence-electron chi connectivity index (χ3n) is 3.11. The van der Waals surface area contributed by atoms with Gasteiger partial charge in [0.05, 0.1) is 6.54 Å². The first-order valence-electron chi connectivity index (χ1n) is 5.80. The minimum absolute atomic E-state index is 0.440. The van der Waals surface area contributed by atoms with E-state index in [0.717, 1.165) is 18.2 Å². The van der Waals surface area contributed by atoms with E-state index in [2.05, 4.69) is 35.1 Å². The molecule has 2 rings (SSSR count). The summed E-state index contributed by atoms with van der Waals surface area (Å²) in [5.41, 5.74) is 6.56. The monoisotopic (exact) mass is 234 g/mol. The summed E-state index contributed by atoms with van der Waals surface area (Å²) in [6.07, 6.45) is 2.66. The SMILES string of the molecule is CC1CCCN1Cc1sccc1C#CCN. The third kappa shape index (κ3) is 2.65. The van der Waals surface area contributed by atoms with Crippen molar-refractivity contribution in [3.05, 3.63) is 21.9 Å². The van der Waals surface area contributed by atoms with Gasteiger partial charge in [0.25, 0.3) is 0 Å². The van der Waals surface area contributed by atoms with E-state index in [-0.39, 0.29) is 0 Å². The van der Waals surface area contributed by atoms with Crippen LogP contribution in [0, 0.1) is 11.8 Å². The average Bonchev–Trinajstić information content (AvgIpc) is 2.87. The molecule has 1 aliphatic rings. The Bertz CT molecular complexity index is 400. The Hall–Kier alpha value is -0.820. The molecule has 1 aromatic heterocycles. The highest BCUT2D eigenvalue weighted by Crippen LogP contribution is 2.23. The molecule has 0 spiro atoms. The second kappa shape index (κ2) is 5.49. The lowest BCUT2D eigenvalue weighted by molar-refractivity contribution is 0.262. The fourth-order valence-electron chi connectivity index (χ4n) is 2.13. The fourth-order valence-corrected chi connectivity index (χ4v) is 2.99. The lowest BCUT2D eigenvalue weighted by Gasteiger charge is -2.20. The largest absolute Gasteiger partial charge is 0.320 e. The first-order chi connectivity index (χ1) is 7.81. The van der Waals surface area contributed by atoms with Crippen molar-refractivity contribution in [2.75, 3.05) is 13.1 Å². The van der Waals surface area contributed by atoms with E-state index in [1.165, 1.54) is 24.3 Å². The Morgan fingerprint density at radius 3 is 3.19 bits per heavy atom. The van der Waals surface area contributed by atoms with E-state index in [9.17, 15) is 0 Å². The number of thiophene rings is 1. The predicted molar refractivity (Wildman–Crippen MR) is 69.4 cm³/mol. The van der Waals surface area contributed by atoms with Crippen molar-refractivity contribution in [3.63, 3.8) is 0 Å². The fraction of sp³-hybridized carbons (Fsp3) is 0.538. The van der Waals surface area contributed by atoms with Crippen LogP contribution in [-0.4, -0.2) is 24.0 Å². The molecule has 16 heavy (non-hydrogen) atoms. The Labute approximate surface area is 101 Å². The van der Waals surface area contributed by atoms with Gasteiger partial charge in [0, 0.05) is 23.0 Å². The second-order valence-electron chi connectivity index (χ2n) is 4.23. The van der Waals surface area contributed by atoms with Gasteiger partial charge in [-0.15, -0.1) is 11.3 Å². The Kier molecular flexibility index (Phi) is 4.00. The van der Waals surface area contributed by atoms with Crippen LogP contribution in [0.3, 0.4) is 0 Å². The van der Waals surface area contributed by atoms with Crippen LogP contribution in [0.25, 0.3) is 0 Å².